The molecule has 2 aromatic carbocycles. The maximum absolute atomic E-state index is 12.8. The van der Waals surface area contributed by atoms with Crippen LogP contribution in [0.2, 0.25) is 0 Å². The minimum Gasteiger partial charge on any atom is -0.322 e. The topological polar surface area (TPSA) is 75.3 Å². The average molecular weight is 372 g/mol. The van der Waals surface area contributed by atoms with Crippen molar-refractivity contribution in [3.63, 3.8) is 0 Å². The van der Waals surface area contributed by atoms with E-state index in [9.17, 15) is 13.2 Å². The Kier molecular flexibility index (Phi) is 5.44. The molecular formula is C20H24N2O3S. The van der Waals surface area contributed by atoms with Crippen LogP contribution in [-0.4, -0.2) is 20.9 Å². The zero-order valence-electron chi connectivity index (χ0n) is 15.1. The molecule has 1 amide bonds. The van der Waals surface area contributed by atoms with Crippen LogP contribution in [0.5, 0.6) is 0 Å². The van der Waals surface area contributed by atoms with E-state index in [1.54, 1.807) is 19.9 Å². The number of fused-ring (bicyclic) bond motifs is 1. The number of nitrogens with one attached hydrogen (secondary N) is 2. The Hall–Kier alpha value is -2.18. The minimum atomic E-state index is -3.60. The highest BCUT2D eigenvalue weighted by molar-refractivity contribution is 7.89. The summed E-state index contributed by atoms with van der Waals surface area (Å²) < 4.78 is 26.9. The second-order valence-corrected chi connectivity index (χ2v) is 8.35. The molecule has 0 saturated heterocycles. The summed E-state index contributed by atoms with van der Waals surface area (Å²) in [6.07, 6.45) is 4.29. The maximum atomic E-state index is 12.8. The average Bonchev–Trinajstić information content (AvgIpc) is 2.62. The predicted molar refractivity (Wildman–Crippen MR) is 103 cm³/mol. The van der Waals surface area contributed by atoms with Crippen LogP contribution in [0.25, 0.3) is 0 Å². The number of hydrogen-bond acceptors (Lipinski definition) is 3. The summed E-state index contributed by atoms with van der Waals surface area (Å²) in [5, 5.41) is 2.98. The predicted octanol–water partition coefficient (Wildman–Crippen LogP) is 3.42. The fourth-order valence-electron chi connectivity index (χ4n) is 3.37. The van der Waals surface area contributed by atoms with Gasteiger partial charge in [-0.05, 0) is 67.5 Å². The second kappa shape index (κ2) is 7.60. The summed E-state index contributed by atoms with van der Waals surface area (Å²) in [6, 6.07) is 10.6. The van der Waals surface area contributed by atoms with Gasteiger partial charge in [0.25, 0.3) is 5.91 Å². The van der Waals surface area contributed by atoms with E-state index >= 15 is 0 Å². The van der Waals surface area contributed by atoms with Crippen molar-refractivity contribution >= 4 is 21.6 Å². The second-order valence-electron chi connectivity index (χ2n) is 6.58. The van der Waals surface area contributed by atoms with Crippen molar-refractivity contribution in [2.24, 2.45) is 0 Å². The minimum absolute atomic E-state index is 0.102. The number of hydrogen-bond donors (Lipinski definition) is 2. The summed E-state index contributed by atoms with van der Waals surface area (Å²) in [6.45, 7) is 3.82. The van der Waals surface area contributed by atoms with Crippen molar-refractivity contribution in [2.45, 2.75) is 44.4 Å². The molecule has 0 saturated carbocycles. The van der Waals surface area contributed by atoms with E-state index in [1.165, 1.54) is 29.7 Å². The van der Waals surface area contributed by atoms with Crippen LogP contribution in [-0.2, 0) is 22.9 Å². The molecule has 0 heterocycles. The maximum Gasteiger partial charge on any atom is 0.255 e. The molecule has 0 aliphatic heterocycles. The van der Waals surface area contributed by atoms with E-state index in [1.807, 2.05) is 12.1 Å². The standard InChI is InChI=1S/C20H24N2O3S/c1-3-21-26(24,25)16-12-11-14(2)18(13-16)20(23)22-19-10-6-8-15-7-4-5-9-17(15)19/h6,8,10-13,21H,3-5,7,9H2,1-2H3,(H,22,23). The highest BCUT2D eigenvalue weighted by Crippen LogP contribution is 2.28. The van der Waals surface area contributed by atoms with Crippen molar-refractivity contribution in [3.8, 4) is 0 Å². The lowest BCUT2D eigenvalue weighted by molar-refractivity contribution is 0.102. The lowest BCUT2D eigenvalue weighted by atomic mass is 9.90. The van der Waals surface area contributed by atoms with Gasteiger partial charge in [-0.1, -0.05) is 25.1 Å². The van der Waals surface area contributed by atoms with Crippen molar-refractivity contribution < 1.29 is 13.2 Å². The Balaban J connectivity index is 1.91. The number of benzene rings is 2. The summed E-state index contributed by atoms with van der Waals surface area (Å²) in [5.41, 5.74) is 4.42. The molecule has 2 aromatic rings. The number of anilines is 1. The summed E-state index contributed by atoms with van der Waals surface area (Å²) in [5.74, 6) is -0.282. The van der Waals surface area contributed by atoms with Gasteiger partial charge < -0.3 is 5.32 Å². The van der Waals surface area contributed by atoms with Gasteiger partial charge in [0.15, 0.2) is 0 Å². The number of carbonyl (C=O) groups is 1. The van der Waals surface area contributed by atoms with Crippen molar-refractivity contribution in [3.05, 3.63) is 58.7 Å². The monoisotopic (exact) mass is 372 g/mol. The van der Waals surface area contributed by atoms with Crippen molar-refractivity contribution in [1.29, 1.82) is 0 Å². The van der Waals surface area contributed by atoms with E-state index in [2.05, 4.69) is 16.1 Å². The van der Waals surface area contributed by atoms with Gasteiger partial charge in [-0.15, -0.1) is 0 Å². The lowest BCUT2D eigenvalue weighted by Gasteiger charge is -2.20. The molecule has 1 aliphatic rings. The van der Waals surface area contributed by atoms with Gasteiger partial charge in [0.2, 0.25) is 10.0 Å². The largest absolute Gasteiger partial charge is 0.322 e. The first kappa shape index (κ1) is 18.6. The first-order valence-corrected chi connectivity index (χ1v) is 10.4. The Labute approximate surface area is 154 Å². The molecule has 0 aromatic heterocycles. The van der Waals surface area contributed by atoms with Gasteiger partial charge >= 0.3 is 0 Å². The quantitative estimate of drug-likeness (QED) is 0.844. The Bertz CT molecular complexity index is 936. The Morgan fingerprint density at radius 2 is 1.88 bits per heavy atom. The van der Waals surface area contributed by atoms with E-state index < -0.39 is 10.0 Å². The van der Waals surface area contributed by atoms with Crippen LogP contribution in [0.3, 0.4) is 0 Å². The van der Waals surface area contributed by atoms with Crippen molar-refractivity contribution in [1.82, 2.24) is 4.72 Å². The van der Waals surface area contributed by atoms with E-state index in [-0.39, 0.29) is 10.8 Å². The van der Waals surface area contributed by atoms with Gasteiger partial charge in [-0.3, -0.25) is 4.79 Å². The lowest BCUT2D eigenvalue weighted by Crippen LogP contribution is -2.24. The summed E-state index contributed by atoms with van der Waals surface area (Å²) in [4.78, 5) is 12.9. The molecule has 0 atom stereocenters. The zero-order chi connectivity index (χ0) is 18.7. The van der Waals surface area contributed by atoms with Crippen LogP contribution in [0.4, 0.5) is 5.69 Å². The van der Waals surface area contributed by atoms with Crippen molar-refractivity contribution in [2.75, 3.05) is 11.9 Å². The third-order valence-corrected chi connectivity index (χ3v) is 6.29. The third-order valence-electron chi connectivity index (χ3n) is 4.74. The molecular weight excluding hydrogens is 348 g/mol. The number of rotatable bonds is 5. The molecule has 0 fully saturated rings. The summed E-state index contributed by atoms with van der Waals surface area (Å²) >= 11 is 0. The molecule has 6 heteroatoms. The van der Waals surface area contributed by atoms with Crippen LogP contribution in [0.15, 0.2) is 41.3 Å². The number of aryl methyl sites for hydroxylation is 2. The molecule has 2 N–H and O–H groups in total. The van der Waals surface area contributed by atoms with Gasteiger partial charge in [-0.2, -0.15) is 0 Å². The molecule has 0 spiro atoms. The summed E-state index contributed by atoms with van der Waals surface area (Å²) in [7, 11) is -3.60. The number of amides is 1. The third kappa shape index (κ3) is 3.81. The molecule has 1 aliphatic carbocycles. The first-order valence-electron chi connectivity index (χ1n) is 8.95. The molecule has 0 radical (unpaired) electrons. The fraction of sp³-hybridized carbons (Fsp3) is 0.350. The molecule has 5 nitrogen and oxygen atoms in total. The molecule has 138 valence electrons. The number of carbonyl (C=O) groups excluding carboxylic acids is 1. The first-order chi connectivity index (χ1) is 12.4. The van der Waals surface area contributed by atoms with E-state index in [0.29, 0.717) is 12.1 Å². The Morgan fingerprint density at radius 1 is 1.12 bits per heavy atom. The molecule has 3 rings (SSSR count). The van der Waals surface area contributed by atoms with Gasteiger partial charge in [0.05, 0.1) is 4.90 Å². The van der Waals surface area contributed by atoms with Gasteiger partial charge in [0.1, 0.15) is 0 Å². The Morgan fingerprint density at radius 3 is 2.65 bits per heavy atom. The van der Waals surface area contributed by atoms with E-state index in [4.69, 9.17) is 0 Å². The van der Waals surface area contributed by atoms with Crippen LogP contribution in [0, 0.1) is 6.92 Å². The molecule has 26 heavy (non-hydrogen) atoms. The SMILES string of the molecule is CCNS(=O)(=O)c1ccc(C)c(C(=O)Nc2cccc3c2CCCC3)c1. The van der Waals surface area contributed by atoms with Gasteiger partial charge in [0, 0.05) is 17.8 Å². The van der Waals surface area contributed by atoms with Crippen LogP contribution < -0.4 is 10.0 Å². The normalized spacial score (nSPS) is 13.9. The van der Waals surface area contributed by atoms with Crippen LogP contribution >= 0.6 is 0 Å². The zero-order valence-corrected chi connectivity index (χ0v) is 15.9. The molecule has 0 unspecified atom stereocenters. The van der Waals surface area contributed by atoms with Gasteiger partial charge in [-0.25, -0.2) is 13.1 Å². The molecule has 0 bridgehead atoms. The number of sulfonamides is 1. The van der Waals surface area contributed by atoms with E-state index in [0.717, 1.165) is 30.5 Å². The highest BCUT2D eigenvalue weighted by atomic mass is 32.2. The fourth-order valence-corrected chi connectivity index (χ4v) is 4.44. The highest BCUT2D eigenvalue weighted by Gasteiger charge is 2.19. The smallest absolute Gasteiger partial charge is 0.255 e. The van der Waals surface area contributed by atoms with Crippen LogP contribution in [0.1, 0.15) is 46.8 Å².